The minimum absolute atomic E-state index is 0.0663. The maximum atomic E-state index is 12.9. The van der Waals surface area contributed by atoms with E-state index in [1.165, 1.54) is 4.31 Å². The molecular formula is C26H25N5O3S. The molecule has 0 spiro atoms. The molecule has 2 aromatic heterocycles. The van der Waals surface area contributed by atoms with E-state index < -0.39 is 10.0 Å². The third-order valence-corrected chi connectivity index (χ3v) is 8.16. The Balaban J connectivity index is 1.29. The van der Waals surface area contributed by atoms with Gasteiger partial charge in [0.25, 0.3) is 0 Å². The molecule has 0 saturated carbocycles. The molecule has 8 nitrogen and oxygen atoms in total. The van der Waals surface area contributed by atoms with Gasteiger partial charge in [-0.2, -0.15) is 4.31 Å². The second kappa shape index (κ2) is 9.53. The average Bonchev–Trinajstić information content (AvgIpc) is 3.44. The van der Waals surface area contributed by atoms with Crippen LogP contribution in [0.15, 0.2) is 90.5 Å². The lowest BCUT2D eigenvalue weighted by atomic mass is 10.0. The fourth-order valence-corrected chi connectivity index (χ4v) is 5.60. The molecule has 0 atom stereocenters. The Morgan fingerprint density at radius 2 is 1.51 bits per heavy atom. The van der Waals surface area contributed by atoms with Crippen LogP contribution in [0.4, 0.5) is 0 Å². The van der Waals surface area contributed by atoms with Crippen LogP contribution in [0.3, 0.4) is 0 Å². The summed E-state index contributed by atoms with van der Waals surface area (Å²) in [6.45, 7) is 0.894. The molecule has 1 saturated heterocycles. The first-order valence-electron chi connectivity index (χ1n) is 11.4. The number of hydrogen-bond acceptors (Lipinski definition) is 6. The SMILES string of the molecule is NC1CCN(S(=O)(=O)c2ccc(-c3ccc(C(=O)c4ccc(-n5ccnc5)nc4)cc3)cc2)CC1. The molecule has 0 bridgehead atoms. The van der Waals surface area contributed by atoms with Crippen molar-refractivity contribution in [1.29, 1.82) is 0 Å². The molecule has 0 radical (unpaired) electrons. The van der Waals surface area contributed by atoms with Gasteiger partial charge in [0.15, 0.2) is 5.78 Å². The predicted octanol–water partition coefficient (Wildman–Crippen LogP) is 3.28. The molecule has 0 aliphatic carbocycles. The lowest BCUT2D eigenvalue weighted by molar-refractivity contribution is 0.103. The number of benzene rings is 2. The standard InChI is InChI=1S/C26H25N5O3S/c27-23-11-14-31(15-12-23)35(33,34)24-8-5-20(6-9-24)19-1-3-21(4-2-19)26(32)22-7-10-25(29-17-22)30-16-13-28-18-30/h1-10,13,16-18,23H,11-12,14-15,27H2. The zero-order chi connectivity index (χ0) is 24.4. The van der Waals surface area contributed by atoms with Crippen LogP contribution < -0.4 is 5.73 Å². The molecule has 1 aliphatic rings. The highest BCUT2D eigenvalue weighted by atomic mass is 32.2. The Morgan fingerprint density at radius 1 is 0.886 bits per heavy atom. The summed E-state index contributed by atoms with van der Waals surface area (Å²) in [5.74, 6) is 0.563. The van der Waals surface area contributed by atoms with Crippen molar-refractivity contribution in [2.45, 2.75) is 23.8 Å². The Kier molecular flexibility index (Phi) is 6.29. The van der Waals surface area contributed by atoms with Gasteiger partial charge in [0.2, 0.25) is 10.0 Å². The maximum Gasteiger partial charge on any atom is 0.243 e. The number of nitrogens with two attached hydrogens (primary N) is 1. The van der Waals surface area contributed by atoms with Gasteiger partial charge in [-0.3, -0.25) is 9.36 Å². The van der Waals surface area contributed by atoms with Crippen molar-refractivity contribution in [2.75, 3.05) is 13.1 Å². The van der Waals surface area contributed by atoms with E-state index in [0.29, 0.717) is 42.9 Å². The molecule has 3 heterocycles. The van der Waals surface area contributed by atoms with Crippen LogP contribution in [0.5, 0.6) is 0 Å². The summed E-state index contributed by atoms with van der Waals surface area (Å²) in [7, 11) is -3.53. The number of imidazole rings is 1. The van der Waals surface area contributed by atoms with Gasteiger partial charge in [-0.05, 0) is 48.2 Å². The number of rotatable bonds is 6. The van der Waals surface area contributed by atoms with Gasteiger partial charge in [-0.25, -0.2) is 18.4 Å². The molecule has 178 valence electrons. The summed E-state index contributed by atoms with van der Waals surface area (Å²) < 4.78 is 29.1. The van der Waals surface area contributed by atoms with Gasteiger partial charge >= 0.3 is 0 Å². The van der Waals surface area contributed by atoms with Crippen LogP contribution in [0, 0.1) is 0 Å². The third-order valence-electron chi connectivity index (χ3n) is 6.25. The van der Waals surface area contributed by atoms with E-state index in [4.69, 9.17) is 5.73 Å². The summed E-state index contributed by atoms with van der Waals surface area (Å²) in [6, 6.07) is 17.7. The van der Waals surface area contributed by atoms with Crippen molar-refractivity contribution in [3.8, 4) is 16.9 Å². The average molecular weight is 488 g/mol. The smallest absolute Gasteiger partial charge is 0.243 e. The number of ketones is 1. The Hall–Kier alpha value is -3.66. The van der Waals surface area contributed by atoms with Crippen molar-refractivity contribution < 1.29 is 13.2 Å². The predicted molar refractivity (Wildman–Crippen MR) is 133 cm³/mol. The first-order chi connectivity index (χ1) is 16.9. The highest BCUT2D eigenvalue weighted by Crippen LogP contribution is 2.25. The minimum Gasteiger partial charge on any atom is -0.328 e. The van der Waals surface area contributed by atoms with Gasteiger partial charge in [0.05, 0.1) is 4.90 Å². The fraction of sp³-hybridized carbons (Fsp3) is 0.192. The van der Waals surface area contributed by atoms with Crippen LogP contribution in [0.1, 0.15) is 28.8 Å². The molecule has 0 amide bonds. The zero-order valence-corrected chi connectivity index (χ0v) is 19.8. The molecule has 9 heteroatoms. The number of nitrogens with zero attached hydrogens (tertiary/aromatic N) is 4. The van der Waals surface area contributed by atoms with Crippen LogP contribution in [-0.4, -0.2) is 52.2 Å². The highest BCUT2D eigenvalue weighted by Gasteiger charge is 2.28. The summed E-state index contributed by atoms with van der Waals surface area (Å²) in [4.78, 5) is 21.5. The monoisotopic (exact) mass is 487 g/mol. The molecule has 0 unspecified atom stereocenters. The fourth-order valence-electron chi connectivity index (χ4n) is 4.13. The largest absolute Gasteiger partial charge is 0.328 e. The first-order valence-corrected chi connectivity index (χ1v) is 12.8. The lowest BCUT2D eigenvalue weighted by Crippen LogP contribution is -2.42. The zero-order valence-electron chi connectivity index (χ0n) is 19.0. The topological polar surface area (TPSA) is 111 Å². The van der Waals surface area contributed by atoms with E-state index in [1.807, 2.05) is 12.1 Å². The third kappa shape index (κ3) is 4.79. The molecule has 1 fully saturated rings. The summed E-state index contributed by atoms with van der Waals surface area (Å²) in [6.07, 6.45) is 8.00. The van der Waals surface area contributed by atoms with Gasteiger partial charge in [0, 0.05) is 48.8 Å². The summed E-state index contributed by atoms with van der Waals surface area (Å²) in [5, 5.41) is 0. The van der Waals surface area contributed by atoms with E-state index in [1.54, 1.807) is 78.0 Å². The first kappa shape index (κ1) is 23.1. The van der Waals surface area contributed by atoms with E-state index in [0.717, 1.165) is 11.1 Å². The van der Waals surface area contributed by atoms with Gasteiger partial charge in [0.1, 0.15) is 12.1 Å². The van der Waals surface area contributed by atoms with Crippen LogP contribution in [-0.2, 0) is 10.0 Å². The molecule has 2 aromatic carbocycles. The van der Waals surface area contributed by atoms with E-state index in [9.17, 15) is 13.2 Å². The van der Waals surface area contributed by atoms with Crippen LogP contribution in [0.2, 0.25) is 0 Å². The van der Waals surface area contributed by atoms with Gasteiger partial charge < -0.3 is 5.73 Å². The molecule has 1 aliphatic heterocycles. The summed E-state index contributed by atoms with van der Waals surface area (Å²) in [5.41, 5.74) is 8.71. The van der Waals surface area contributed by atoms with Crippen molar-refractivity contribution in [3.05, 3.63) is 96.7 Å². The number of carbonyl (C=O) groups excluding carboxylic acids is 1. The van der Waals surface area contributed by atoms with Crippen molar-refractivity contribution >= 4 is 15.8 Å². The normalized spacial score (nSPS) is 15.2. The van der Waals surface area contributed by atoms with E-state index in [2.05, 4.69) is 9.97 Å². The van der Waals surface area contributed by atoms with Crippen molar-refractivity contribution in [2.24, 2.45) is 5.73 Å². The minimum atomic E-state index is -3.53. The van der Waals surface area contributed by atoms with Crippen molar-refractivity contribution in [3.63, 3.8) is 0 Å². The Bertz CT molecular complexity index is 1410. The number of sulfonamides is 1. The quantitative estimate of drug-likeness (QED) is 0.418. The number of pyridine rings is 1. The van der Waals surface area contributed by atoms with E-state index in [-0.39, 0.29) is 16.7 Å². The number of aromatic nitrogens is 3. The highest BCUT2D eigenvalue weighted by molar-refractivity contribution is 7.89. The molecule has 5 rings (SSSR count). The number of hydrogen-bond donors (Lipinski definition) is 1. The van der Waals surface area contributed by atoms with Crippen molar-refractivity contribution in [1.82, 2.24) is 18.8 Å². The maximum absolute atomic E-state index is 12.9. The molecule has 35 heavy (non-hydrogen) atoms. The second-order valence-electron chi connectivity index (χ2n) is 8.55. The molecule has 4 aromatic rings. The Labute approximate surface area is 204 Å². The van der Waals surface area contributed by atoms with Crippen LogP contribution in [0.25, 0.3) is 16.9 Å². The van der Waals surface area contributed by atoms with Crippen LogP contribution >= 0.6 is 0 Å². The second-order valence-corrected chi connectivity index (χ2v) is 10.5. The summed E-state index contributed by atoms with van der Waals surface area (Å²) >= 11 is 0. The molecular weight excluding hydrogens is 462 g/mol. The van der Waals surface area contributed by atoms with E-state index >= 15 is 0 Å². The number of carbonyl (C=O) groups is 1. The van der Waals surface area contributed by atoms with Gasteiger partial charge in [-0.1, -0.05) is 36.4 Å². The van der Waals surface area contributed by atoms with Gasteiger partial charge in [-0.15, -0.1) is 0 Å². The molecule has 2 N–H and O–H groups in total. The Morgan fingerprint density at radius 3 is 2.09 bits per heavy atom. The lowest BCUT2D eigenvalue weighted by Gasteiger charge is -2.29. The number of piperidine rings is 1.